The molecule has 1 N–H and O–H groups in total. The van der Waals surface area contributed by atoms with E-state index in [4.69, 9.17) is 0 Å². The molecule has 36 heavy (non-hydrogen) atoms. The second-order valence-corrected chi connectivity index (χ2v) is 10.3. The van der Waals surface area contributed by atoms with E-state index in [-0.39, 0.29) is 23.4 Å². The van der Waals surface area contributed by atoms with Gasteiger partial charge >= 0.3 is 0 Å². The van der Waals surface area contributed by atoms with Crippen LogP contribution in [-0.2, 0) is 16.6 Å². The van der Waals surface area contributed by atoms with Crippen molar-refractivity contribution in [3.63, 3.8) is 0 Å². The summed E-state index contributed by atoms with van der Waals surface area (Å²) in [5, 5.41) is 14.1. The predicted molar refractivity (Wildman–Crippen MR) is 150 cm³/mol. The standard InChI is InChI=1S/C34H28O2/c1-21(35)18-23(36)20-30-24-10-4-6-13-28(24)33(29-14-7-5-11-25(29)30)22-16-17-27-26-12-8-9-15-31(26)34(2,3)32(27)19-22/h4-19,35H,20H2,1-3H3. The topological polar surface area (TPSA) is 37.3 Å². The first-order valence-electron chi connectivity index (χ1n) is 12.4. The molecule has 2 nitrogen and oxygen atoms in total. The number of rotatable bonds is 4. The summed E-state index contributed by atoms with van der Waals surface area (Å²) in [6, 6.07) is 32.3. The third-order valence-corrected chi connectivity index (χ3v) is 7.64. The molecule has 0 amide bonds. The number of hydrogen-bond acceptors (Lipinski definition) is 2. The van der Waals surface area contributed by atoms with Gasteiger partial charge in [0.1, 0.15) is 0 Å². The average molecular weight is 469 g/mol. The third kappa shape index (κ3) is 3.37. The van der Waals surface area contributed by atoms with Crippen molar-refractivity contribution in [2.24, 2.45) is 0 Å². The number of aliphatic hydroxyl groups excluding tert-OH is 1. The maximum atomic E-state index is 12.7. The van der Waals surface area contributed by atoms with Crippen LogP contribution in [0.5, 0.6) is 0 Å². The second-order valence-electron chi connectivity index (χ2n) is 10.3. The highest BCUT2D eigenvalue weighted by Crippen LogP contribution is 2.50. The van der Waals surface area contributed by atoms with E-state index < -0.39 is 0 Å². The van der Waals surface area contributed by atoms with Gasteiger partial charge in [0.25, 0.3) is 0 Å². The van der Waals surface area contributed by atoms with Gasteiger partial charge in [-0.05, 0) is 73.5 Å². The van der Waals surface area contributed by atoms with E-state index in [2.05, 4.69) is 92.7 Å². The predicted octanol–water partition coefficient (Wildman–Crippen LogP) is 8.54. The molecule has 0 heterocycles. The van der Waals surface area contributed by atoms with Gasteiger partial charge in [0.05, 0.1) is 5.76 Å². The van der Waals surface area contributed by atoms with Crippen molar-refractivity contribution in [2.75, 3.05) is 0 Å². The van der Waals surface area contributed by atoms with Crippen LogP contribution in [0, 0.1) is 0 Å². The quantitative estimate of drug-likeness (QED) is 0.163. The fraction of sp³-hybridized carbons (Fsp3) is 0.147. The van der Waals surface area contributed by atoms with Crippen LogP contribution >= 0.6 is 0 Å². The van der Waals surface area contributed by atoms with Crippen LogP contribution in [0.4, 0.5) is 0 Å². The van der Waals surface area contributed by atoms with Crippen molar-refractivity contribution in [1.82, 2.24) is 0 Å². The zero-order valence-corrected chi connectivity index (χ0v) is 20.8. The van der Waals surface area contributed by atoms with Crippen molar-refractivity contribution in [1.29, 1.82) is 0 Å². The van der Waals surface area contributed by atoms with Crippen LogP contribution in [0.3, 0.4) is 0 Å². The van der Waals surface area contributed by atoms with Crippen molar-refractivity contribution < 1.29 is 9.90 Å². The molecule has 0 fully saturated rings. The molecule has 1 aliphatic carbocycles. The highest BCUT2D eigenvalue weighted by molar-refractivity contribution is 6.16. The molecule has 6 rings (SSSR count). The summed E-state index contributed by atoms with van der Waals surface area (Å²) in [4.78, 5) is 12.7. The van der Waals surface area contributed by atoms with Crippen LogP contribution in [0.25, 0.3) is 43.8 Å². The molecule has 0 bridgehead atoms. The molecule has 0 saturated heterocycles. The first-order chi connectivity index (χ1) is 17.4. The van der Waals surface area contributed by atoms with Gasteiger partial charge in [0.2, 0.25) is 0 Å². The summed E-state index contributed by atoms with van der Waals surface area (Å²) in [6.45, 7) is 6.15. The van der Waals surface area contributed by atoms with E-state index in [0.717, 1.165) is 27.1 Å². The molecule has 176 valence electrons. The van der Waals surface area contributed by atoms with E-state index in [1.54, 1.807) is 0 Å². The number of carbonyl (C=O) groups is 1. The van der Waals surface area contributed by atoms with E-state index in [1.165, 1.54) is 46.4 Å². The maximum Gasteiger partial charge on any atom is 0.163 e. The highest BCUT2D eigenvalue weighted by atomic mass is 16.3. The Morgan fingerprint density at radius 1 is 0.750 bits per heavy atom. The Morgan fingerprint density at radius 3 is 1.94 bits per heavy atom. The first-order valence-corrected chi connectivity index (χ1v) is 12.4. The average Bonchev–Trinajstić information content (AvgIpc) is 3.10. The fourth-order valence-electron chi connectivity index (χ4n) is 6.04. The van der Waals surface area contributed by atoms with Gasteiger partial charge in [-0.2, -0.15) is 0 Å². The Morgan fingerprint density at radius 2 is 1.31 bits per heavy atom. The van der Waals surface area contributed by atoms with Crippen LogP contribution in [-0.4, -0.2) is 10.9 Å². The summed E-state index contributed by atoms with van der Waals surface area (Å²) in [5.74, 6) is -0.0675. The molecule has 2 heteroatoms. The lowest BCUT2D eigenvalue weighted by atomic mass is 9.80. The maximum absolute atomic E-state index is 12.7. The number of allylic oxidation sites excluding steroid dienone is 2. The van der Waals surface area contributed by atoms with Crippen molar-refractivity contribution in [3.8, 4) is 22.3 Å². The number of fused-ring (bicyclic) bond motifs is 5. The van der Waals surface area contributed by atoms with Crippen molar-refractivity contribution >= 4 is 27.3 Å². The molecule has 5 aromatic rings. The molecule has 0 spiro atoms. The van der Waals surface area contributed by atoms with Crippen molar-refractivity contribution in [2.45, 2.75) is 32.6 Å². The zero-order valence-electron chi connectivity index (χ0n) is 20.8. The lowest BCUT2D eigenvalue weighted by Gasteiger charge is -2.23. The molecule has 0 atom stereocenters. The number of carbonyl (C=O) groups excluding carboxylic acids is 1. The van der Waals surface area contributed by atoms with Crippen LogP contribution in [0.1, 0.15) is 37.5 Å². The van der Waals surface area contributed by atoms with Gasteiger partial charge in [-0.25, -0.2) is 0 Å². The Hall–Kier alpha value is -4.17. The normalized spacial score (nSPS) is 14.1. The summed E-state index contributed by atoms with van der Waals surface area (Å²) < 4.78 is 0. The van der Waals surface area contributed by atoms with E-state index in [9.17, 15) is 9.90 Å². The molecule has 1 aliphatic rings. The fourth-order valence-corrected chi connectivity index (χ4v) is 6.04. The summed E-state index contributed by atoms with van der Waals surface area (Å²) in [5.41, 5.74) is 8.65. The second kappa shape index (κ2) is 8.20. The Bertz CT molecular complexity index is 1660. The summed E-state index contributed by atoms with van der Waals surface area (Å²) in [6.07, 6.45) is 1.56. The minimum absolute atomic E-state index is 0.0342. The minimum atomic E-state index is -0.102. The minimum Gasteiger partial charge on any atom is -0.512 e. The Balaban J connectivity index is 1.63. The molecule has 0 aliphatic heterocycles. The van der Waals surface area contributed by atoms with Gasteiger partial charge < -0.3 is 5.11 Å². The Kier molecular flexibility index (Phi) is 5.08. The number of aliphatic hydroxyl groups is 1. The molecule has 0 saturated carbocycles. The molecular formula is C34H28O2. The van der Waals surface area contributed by atoms with Crippen molar-refractivity contribution in [3.05, 3.63) is 120 Å². The smallest absolute Gasteiger partial charge is 0.163 e. The Labute approximate surface area is 211 Å². The molecule has 5 aromatic carbocycles. The first kappa shape index (κ1) is 22.3. The van der Waals surface area contributed by atoms with E-state index >= 15 is 0 Å². The van der Waals surface area contributed by atoms with Crippen LogP contribution in [0.2, 0.25) is 0 Å². The monoisotopic (exact) mass is 468 g/mol. The van der Waals surface area contributed by atoms with E-state index in [0.29, 0.717) is 0 Å². The number of hydrogen-bond donors (Lipinski definition) is 1. The molecule has 0 aromatic heterocycles. The lowest BCUT2D eigenvalue weighted by Crippen LogP contribution is -2.14. The zero-order chi connectivity index (χ0) is 25.0. The lowest BCUT2D eigenvalue weighted by molar-refractivity contribution is -0.114. The van der Waals surface area contributed by atoms with Gasteiger partial charge in [-0.1, -0.05) is 98.8 Å². The summed E-state index contributed by atoms with van der Waals surface area (Å²) in [7, 11) is 0. The van der Waals surface area contributed by atoms with Gasteiger partial charge in [0, 0.05) is 17.9 Å². The number of ketones is 1. The van der Waals surface area contributed by atoms with Crippen LogP contribution in [0.15, 0.2) is 103 Å². The highest BCUT2D eigenvalue weighted by Gasteiger charge is 2.35. The van der Waals surface area contributed by atoms with Gasteiger partial charge in [-0.15, -0.1) is 0 Å². The van der Waals surface area contributed by atoms with E-state index in [1.807, 2.05) is 12.1 Å². The molecular weight excluding hydrogens is 440 g/mol. The molecule has 0 radical (unpaired) electrons. The number of benzene rings is 5. The largest absolute Gasteiger partial charge is 0.512 e. The molecule has 0 unspecified atom stereocenters. The van der Waals surface area contributed by atoms with Crippen LogP contribution < -0.4 is 0 Å². The summed E-state index contributed by atoms with van der Waals surface area (Å²) >= 11 is 0. The third-order valence-electron chi connectivity index (χ3n) is 7.64. The van der Waals surface area contributed by atoms with Gasteiger partial charge in [-0.3, -0.25) is 4.79 Å². The van der Waals surface area contributed by atoms with Gasteiger partial charge in [0.15, 0.2) is 5.78 Å². The SMILES string of the molecule is CC(O)=CC(=O)Cc1c2ccccc2c(-c2ccc3c(c2)C(C)(C)c2ccccc2-3)c2ccccc12.